The number of fused-ring (bicyclic) bond motifs is 7. The standard InChI is InChI=1S/C47H33N5O/c1-51(2)37-22-14-23-38-43(37)44-39(25-26-41-42(44)36-21-12-13-24-40(36)53-41)52(38)47-49-45(32-19-10-5-11-20-32)48-46(50-47)35-28-33(30-15-6-3-7-16-30)27-34(29-35)31-17-8-4-9-18-31/h3-29H,1-2H3. The van der Waals surface area contributed by atoms with Gasteiger partial charge in [-0.15, -0.1) is 0 Å². The van der Waals surface area contributed by atoms with Crippen LogP contribution in [0.3, 0.4) is 0 Å². The van der Waals surface area contributed by atoms with Gasteiger partial charge >= 0.3 is 0 Å². The summed E-state index contributed by atoms with van der Waals surface area (Å²) in [5, 5.41) is 4.38. The summed E-state index contributed by atoms with van der Waals surface area (Å²) in [6.07, 6.45) is 0. The van der Waals surface area contributed by atoms with Gasteiger partial charge in [-0.25, -0.2) is 4.98 Å². The first-order chi connectivity index (χ1) is 26.1. The van der Waals surface area contributed by atoms with Crippen LogP contribution in [-0.2, 0) is 0 Å². The van der Waals surface area contributed by atoms with Crippen molar-refractivity contribution in [2.24, 2.45) is 0 Å². The number of furan rings is 1. The largest absolute Gasteiger partial charge is 0.456 e. The van der Waals surface area contributed by atoms with Crippen LogP contribution in [0.1, 0.15) is 0 Å². The average molecular weight is 684 g/mol. The molecule has 7 aromatic carbocycles. The highest BCUT2D eigenvalue weighted by Crippen LogP contribution is 2.44. The van der Waals surface area contributed by atoms with E-state index >= 15 is 0 Å². The third-order valence-corrected chi connectivity index (χ3v) is 10.0. The van der Waals surface area contributed by atoms with Crippen molar-refractivity contribution in [3.8, 4) is 51.0 Å². The fourth-order valence-corrected chi connectivity index (χ4v) is 7.60. The summed E-state index contributed by atoms with van der Waals surface area (Å²) in [6.45, 7) is 0. The minimum absolute atomic E-state index is 0.545. The van der Waals surface area contributed by atoms with Crippen LogP contribution in [0.5, 0.6) is 0 Å². The summed E-state index contributed by atoms with van der Waals surface area (Å²) in [5.74, 6) is 1.74. The Labute approximate surface area is 306 Å². The van der Waals surface area contributed by atoms with Gasteiger partial charge in [0.25, 0.3) is 0 Å². The second-order valence-electron chi connectivity index (χ2n) is 13.5. The lowest BCUT2D eigenvalue weighted by molar-refractivity contribution is 0.669. The van der Waals surface area contributed by atoms with Crippen molar-refractivity contribution in [2.45, 2.75) is 0 Å². The Hall–Kier alpha value is -7.05. The van der Waals surface area contributed by atoms with Gasteiger partial charge in [-0.2, -0.15) is 9.97 Å². The summed E-state index contributed by atoms with van der Waals surface area (Å²) in [6, 6.07) is 56.6. The number of hydrogen-bond donors (Lipinski definition) is 0. The Morgan fingerprint density at radius 3 is 1.66 bits per heavy atom. The maximum Gasteiger partial charge on any atom is 0.238 e. The van der Waals surface area contributed by atoms with E-state index in [9.17, 15) is 0 Å². The number of benzene rings is 7. The van der Waals surface area contributed by atoms with Crippen molar-refractivity contribution in [1.29, 1.82) is 0 Å². The Bertz CT molecular complexity index is 2910. The smallest absolute Gasteiger partial charge is 0.238 e. The average Bonchev–Trinajstić information content (AvgIpc) is 3.77. The Morgan fingerprint density at radius 2 is 1.00 bits per heavy atom. The van der Waals surface area contributed by atoms with Crippen molar-refractivity contribution in [3.63, 3.8) is 0 Å². The van der Waals surface area contributed by atoms with Crippen molar-refractivity contribution >= 4 is 49.4 Å². The minimum atomic E-state index is 0.545. The summed E-state index contributed by atoms with van der Waals surface area (Å²) in [5.41, 5.74) is 11.1. The minimum Gasteiger partial charge on any atom is -0.456 e. The van der Waals surface area contributed by atoms with E-state index < -0.39 is 0 Å². The first-order valence-corrected chi connectivity index (χ1v) is 17.7. The van der Waals surface area contributed by atoms with Crippen LogP contribution in [0.15, 0.2) is 168 Å². The van der Waals surface area contributed by atoms with Crippen LogP contribution < -0.4 is 4.90 Å². The highest BCUT2D eigenvalue weighted by Gasteiger charge is 2.24. The maximum absolute atomic E-state index is 6.41. The zero-order valence-electron chi connectivity index (χ0n) is 29.2. The third-order valence-electron chi connectivity index (χ3n) is 10.0. The fourth-order valence-electron chi connectivity index (χ4n) is 7.60. The molecule has 0 atom stereocenters. The molecule has 0 aliphatic rings. The summed E-state index contributed by atoms with van der Waals surface area (Å²) in [4.78, 5) is 17.9. The SMILES string of the molecule is CN(C)c1cccc2c1c1c3c(ccc1n2-c1nc(-c2ccccc2)nc(-c2cc(-c4ccccc4)cc(-c4ccccc4)c2)n1)oc1ccccc13. The number of nitrogens with zero attached hydrogens (tertiary/aromatic N) is 5. The lowest BCUT2D eigenvalue weighted by Crippen LogP contribution is -2.09. The molecule has 0 bridgehead atoms. The lowest BCUT2D eigenvalue weighted by atomic mass is 9.96. The molecule has 252 valence electrons. The molecule has 0 spiro atoms. The van der Waals surface area contributed by atoms with Gasteiger partial charge in [-0.1, -0.05) is 115 Å². The van der Waals surface area contributed by atoms with Gasteiger partial charge in [0.15, 0.2) is 11.6 Å². The Morgan fingerprint density at radius 1 is 0.434 bits per heavy atom. The molecule has 10 aromatic rings. The van der Waals surface area contributed by atoms with Crippen molar-refractivity contribution < 1.29 is 4.42 Å². The van der Waals surface area contributed by atoms with Crippen molar-refractivity contribution in [1.82, 2.24) is 19.5 Å². The fraction of sp³-hybridized carbons (Fsp3) is 0.0426. The predicted molar refractivity (Wildman–Crippen MR) is 218 cm³/mol. The number of rotatable bonds is 6. The third kappa shape index (κ3) is 5.15. The lowest BCUT2D eigenvalue weighted by Gasteiger charge is -2.15. The molecule has 0 fully saturated rings. The van der Waals surface area contributed by atoms with Crippen LogP contribution in [0, 0.1) is 0 Å². The molecule has 53 heavy (non-hydrogen) atoms. The van der Waals surface area contributed by atoms with Crippen LogP contribution in [0.25, 0.3) is 94.7 Å². The number of aromatic nitrogens is 4. The first-order valence-electron chi connectivity index (χ1n) is 17.7. The van der Waals surface area contributed by atoms with E-state index in [1.807, 2.05) is 42.5 Å². The highest BCUT2D eigenvalue weighted by molar-refractivity contribution is 6.29. The Kier molecular flexibility index (Phi) is 7.15. The molecular weight excluding hydrogens is 651 g/mol. The molecule has 3 heterocycles. The van der Waals surface area contributed by atoms with E-state index in [4.69, 9.17) is 19.4 Å². The van der Waals surface area contributed by atoms with Crippen LogP contribution in [0.2, 0.25) is 0 Å². The van der Waals surface area contributed by atoms with E-state index in [0.717, 1.165) is 82.8 Å². The van der Waals surface area contributed by atoms with Gasteiger partial charge in [-0.05, 0) is 70.8 Å². The normalized spacial score (nSPS) is 11.6. The molecule has 0 aliphatic heterocycles. The quantitative estimate of drug-likeness (QED) is 0.175. The number of para-hydroxylation sites is 1. The molecule has 6 heteroatoms. The van der Waals surface area contributed by atoms with Crippen LogP contribution in [0.4, 0.5) is 5.69 Å². The van der Waals surface area contributed by atoms with E-state index in [-0.39, 0.29) is 0 Å². The van der Waals surface area contributed by atoms with Gasteiger partial charge in [0.05, 0.1) is 11.0 Å². The highest BCUT2D eigenvalue weighted by atomic mass is 16.3. The molecule has 6 nitrogen and oxygen atoms in total. The Balaban J connectivity index is 1.30. The van der Waals surface area contributed by atoms with Gasteiger partial charge in [0.1, 0.15) is 11.2 Å². The second-order valence-corrected chi connectivity index (χ2v) is 13.5. The molecule has 0 amide bonds. The molecule has 0 saturated heterocycles. The first kappa shape index (κ1) is 30.7. The zero-order chi connectivity index (χ0) is 35.5. The van der Waals surface area contributed by atoms with Gasteiger partial charge in [-0.3, -0.25) is 4.57 Å². The van der Waals surface area contributed by atoms with Gasteiger partial charge in [0.2, 0.25) is 5.95 Å². The molecule has 0 radical (unpaired) electrons. The monoisotopic (exact) mass is 683 g/mol. The summed E-state index contributed by atoms with van der Waals surface area (Å²) >= 11 is 0. The molecule has 0 saturated carbocycles. The zero-order valence-corrected chi connectivity index (χ0v) is 29.2. The molecule has 10 rings (SSSR count). The topological polar surface area (TPSA) is 60.0 Å². The van der Waals surface area contributed by atoms with Crippen molar-refractivity contribution in [3.05, 3.63) is 164 Å². The molecule has 3 aromatic heterocycles. The van der Waals surface area contributed by atoms with Gasteiger partial charge < -0.3 is 9.32 Å². The number of anilines is 1. The molecular formula is C47H33N5O. The van der Waals surface area contributed by atoms with E-state index in [2.05, 4.69) is 145 Å². The second kappa shape index (κ2) is 12.3. The van der Waals surface area contributed by atoms with Crippen LogP contribution in [-0.4, -0.2) is 33.6 Å². The molecule has 0 unspecified atom stereocenters. The van der Waals surface area contributed by atoms with E-state index in [1.54, 1.807) is 0 Å². The van der Waals surface area contributed by atoms with Crippen LogP contribution >= 0.6 is 0 Å². The predicted octanol–water partition coefficient (Wildman–Crippen LogP) is 11.6. The van der Waals surface area contributed by atoms with Crippen molar-refractivity contribution in [2.75, 3.05) is 19.0 Å². The summed E-state index contributed by atoms with van der Waals surface area (Å²) < 4.78 is 8.60. The summed E-state index contributed by atoms with van der Waals surface area (Å²) in [7, 11) is 4.17. The van der Waals surface area contributed by atoms with Gasteiger partial charge in [0, 0.05) is 52.5 Å². The van der Waals surface area contributed by atoms with E-state index in [0.29, 0.717) is 17.6 Å². The maximum atomic E-state index is 6.41. The molecule has 0 N–H and O–H groups in total. The molecule has 0 aliphatic carbocycles. The number of hydrogen-bond acceptors (Lipinski definition) is 5. The van der Waals surface area contributed by atoms with E-state index in [1.165, 1.54) is 0 Å².